The minimum Gasteiger partial charge on any atom is -0.481 e. The van der Waals surface area contributed by atoms with Gasteiger partial charge in [-0.05, 0) is 19.1 Å². The molecular weight excluding hydrogens is 270 g/mol. The maximum Gasteiger partial charge on any atom is 0.305 e. The molecule has 0 spiro atoms. The van der Waals surface area contributed by atoms with Crippen LogP contribution in [0.2, 0.25) is 0 Å². The average molecular weight is 289 g/mol. The molecule has 0 aliphatic rings. The summed E-state index contributed by atoms with van der Waals surface area (Å²) in [4.78, 5) is 17.0. The third-order valence-electron chi connectivity index (χ3n) is 3.20. The number of carboxylic acids is 1. The number of anilines is 2. The van der Waals surface area contributed by atoms with Gasteiger partial charge in [0.25, 0.3) is 0 Å². The predicted molar refractivity (Wildman–Crippen MR) is 79.9 cm³/mol. The molecule has 0 aliphatic heterocycles. The lowest BCUT2D eigenvalue weighted by molar-refractivity contribution is -0.136. The zero-order chi connectivity index (χ0) is 15.2. The van der Waals surface area contributed by atoms with E-state index in [2.05, 4.69) is 10.1 Å². The zero-order valence-electron chi connectivity index (χ0n) is 11.9. The van der Waals surface area contributed by atoms with Crippen molar-refractivity contribution in [2.24, 2.45) is 0 Å². The van der Waals surface area contributed by atoms with Crippen molar-refractivity contribution in [1.29, 1.82) is 0 Å². The van der Waals surface area contributed by atoms with E-state index < -0.39 is 5.97 Å². The third kappa shape index (κ3) is 3.71. The number of carbonyl (C=O) groups is 1. The van der Waals surface area contributed by atoms with Gasteiger partial charge in [0.2, 0.25) is 0 Å². The highest BCUT2D eigenvalue weighted by Gasteiger charge is 2.14. The number of aromatic nitrogens is 3. The molecule has 0 atom stereocenters. The molecule has 2 rings (SSSR count). The Hall–Kier alpha value is -2.57. The maximum atomic E-state index is 10.9. The van der Waals surface area contributed by atoms with Crippen LogP contribution in [0.1, 0.15) is 19.2 Å². The molecule has 1 heterocycles. The van der Waals surface area contributed by atoms with Gasteiger partial charge in [-0.2, -0.15) is 5.10 Å². The van der Waals surface area contributed by atoms with Gasteiger partial charge in [0.05, 0.1) is 24.3 Å². The second kappa shape index (κ2) is 6.74. The highest BCUT2D eigenvalue weighted by molar-refractivity contribution is 5.70. The molecule has 0 aliphatic carbocycles. The van der Waals surface area contributed by atoms with E-state index in [-0.39, 0.29) is 6.42 Å². The summed E-state index contributed by atoms with van der Waals surface area (Å²) in [5.74, 6) is -0.0578. The summed E-state index contributed by atoms with van der Waals surface area (Å²) in [7, 11) is 0. The van der Waals surface area contributed by atoms with Crippen LogP contribution in [0.15, 0.2) is 30.6 Å². The van der Waals surface area contributed by atoms with Crippen LogP contribution in [0.3, 0.4) is 0 Å². The normalized spacial score (nSPS) is 10.5. The lowest BCUT2D eigenvalue weighted by Gasteiger charge is -2.25. The van der Waals surface area contributed by atoms with E-state index in [1.165, 1.54) is 6.33 Å². The number of rotatable bonds is 7. The molecule has 0 saturated carbocycles. The third-order valence-corrected chi connectivity index (χ3v) is 3.20. The molecule has 2 aromatic rings. The fraction of sp³-hybridized carbons (Fsp3) is 0.357. The number of aryl methyl sites for hydroxylation is 1. The minimum absolute atomic E-state index is 0.0363. The van der Waals surface area contributed by atoms with Crippen molar-refractivity contribution in [3.05, 3.63) is 36.4 Å². The largest absolute Gasteiger partial charge is 0.481 e. The number of para-hydroxylation sites is 2. The van der Waals surface area contributed by atoms with Crippen LogP contribution in [0.4, 0.5) is 11.4 Å². The fourth-order valence-corrected chi connectivity index (χ4v) is 2.14. The molecule has 3 N–H and O–H groups in total. The van der Waals surface area contributed by atoms with Crippen molar-refractivity contribution in [2.75, 3.05) is 17.2 Å². The first-order valence-electron chi connectivity index (χ1n) is 6.79. The van der Waals surface area contributed by atoms with Crippen molar-refractivity contribution >= 4 is 17.3 Å². The fourth-order valence-electron chi connectivity index (χ4n) is 2.14. The Morgan fingerprint density at radius 3 is 2.86 bits per heavy atom. The Morgan fingerprint density at radius 1 is 1.43 bits per heavy atom. The Balaban J connectivity index is 2.24. The molecule has 0 bridgehead atoms. The highest BCUT2D eigenvalue weighted by atomic mass is 16.4. The topological polar surface area (TPSA) is 97.3 Å². The van der Waals surface area contributed by atoms with Gasteiger partial charge in [-0.25, -0.2) is 9.67 Å². The van der Waals surface area contributed by atoms with Crippen molar-refractivity contribution in [1.82, 2.24) is 14.8 Å². The Labute approximate surface area is 123 Å². The van der Waals surface area contributed by atoms with Crippen LogP contribution in [-0.4, -0.2) is 32.4 Å². The average Bonchev–Trinajstić information content (AvgIpc) is 2.91. The molecule has 0 saturated heterocycles. The Morgan fingerprint density at radius 2 is 2.19 bits per heavy atom. The predicted octanol–water partition coefficient (Wildman–Crippen LogP) is 1.36. The summed E-state index contributed by atoms with van der Waals surface area (Å²) in [5.41, 5.74) is 7.42. The van der Waals surface area contributed by atoms with Gasteiger partial charge in [-0.3, -0.25) is 4.79 Å². The summed E-state index contributed by atoms with van der Waals surface area (Å²) in [6.45, 7) is 3.53. The summed E-state index contributed by atoms with van der Waals surface area (Å²) >= 11 is 0. The monoisotopic (exact) mass is 289 g/mol. The number of hydrogen-bond donors (Lipinski definition) is 2. The van der Waals surface area contributed by atoms with E-state index in [0.717, 1.165) is 11.5 Å². The molecule has 7 heteroatoms. The first-order valence-corrected chi connectivity index (χ1v) is 6.79. The van der Waals surface area contributed by atoms with Gasteiger partial charge < -0.3 is 15.7 Å². The molecule has 0 amide bonds. The summed E-state index contributed by atoms with van der Waals surface area (Å²) in [5, 5.41) is 13.0. The number of nitrogens with zero attached hydrogens (tertiary/aromatic N) is 4. The number of aliphatic carboxylic acids is 1. The number of carboxylic acid groups (broad SMARTS) is 1. The summed E-state index contributed by atoms with van der Waals surface area (Å²) < 4.78 is 1.78. The zero-order valence-corrected chi connectivity index (χ0v) is 11.9. The Bertz CT molecular complexity index is 611. The van der Waals surface area contributed by atoms with Gasteiger partial charge in [-0.15, -0.1) is 0 Å². The van der Waals surface area contributed by atoms with Gasteiger partial charge >= 0.3 is 5.97 Å². The standard InChI is InChI=1S/C14H19N5O2/c1-2-19-13(16-10-17-19)9-18(8-7-14(20)21)12-6-4-3-5-11(12)15/h3-6,10H,2,7-9,15H2,1H3,(H,20,21). The number of nitrogens with two attached hydrogens (primary N) is 1. The minimum atomic E-state index is -0.841. The second-order valence-electron chi connectivity index (χ2n) is 4.62. The van der Waals surface area contributed by atoms with Crippen LogP contribution in [0, 0.1) is 0 Å². The SMILES string of the molecule is CCn1ncnc1CN(CCC(=O)O)c1ccccc1N. The van der Waals surface area contributed by atoms with Gasteiger partial charge in [0, 0.05) is 13.1 Å². The molecule has 0 fully saturated rings. The van der Waals surface area contributed by atoms with Crippen LogP contribution in [0.25, 0.3) is 0 Å². The lowest BCUT2D eigenvalue weighted by atomic mass is 10.2. The van der Waals surface area contributed by atoms with Crippen molar-refractivity contribution < 1.29 is 9.90 Å². The van der Waals surface area contributed by atoms with Crippen molar-refractivity contribution in [3.63, 3.8) is 0 Å². The van der Waals surface area contributed by atoms with E-state index in [4.69, 9.17) is 10.8 Å². The smallest absolute Gasteiger partial charge is 0.305 e. The molecule has 21 heavy (non-hydrogen) atoms. The van der Waals surface area contributed by atoms with Gasteiger partial charge in [0.15, 0.2) is 0 Å². The molecule has 0 unspecified atom stereocenters. The molecule has 112 valence electrons. The number of hydrogen-bond acceptors (Lipinski definition) is 5. The van der Waals surface area contributed by atoms with E-state index in [9.17, 15) is 4.79 Å². The van der Waals surface area contributed by atoms with Crippen LogP contribution in [0.5, 0.6) is 0 Å². The molecule has 1 aromatic carbocycles. The Kier molecular flexibility index (Phi) is 4.76. The van der Waals surface area contributed by atoms with E-state index in [1.807, 2.05) is 30.0 Å². The van der Waals surface area contributed by atoms with Gasteiger partial charge in [-0.1, -0.05) is 12.1 Å². The summed E-state index contributed by atoms with van der Waals surface area (Å²) in [6, 6.07) is 7.41. The van der Waals surface area contributed by atoms with E-state index in [0.29, 0.717) is 25.3 Å². The van der Waals surface area contributed by atoms with Crippen LogP contribution < -0.4 is 10.6 Å². The maximum absolute atomic E-state index is 10.9. The quantitative estimate of drug-likeness (QED) is 0.747. The number of benzene rings is 1. The molecule has 1 aromatic heterocycles. The molecular formula is C14H19N5O2. The lowest BCUT2D eigenvalue weighted by Crippen LogP contribution is -2.28. The van der Waals surface area contributed by atoms with Crippen molar-refractivity contribution in [3.8, 4) is 0 Å². The van der Waals surface area contributed by atoms with Crippen LogP contribution >= 0.6 is 0 Å². The van der Waals surface area contributed by atoms with Crippen LogP contribution in [-0.2, 0) is 17.9 Å². The first kappa shape index (κ1) is 14.8. The summed E-state index contributed by atoms with van der Waals surface area (Å²) in [6.07, 6.45) is 1.54. The second-order valence-corrected chi connectivity index (χ2v) is 4.62. The number of nitrogen functional groups attached to an aromatic ring is 1. The molecule has 0 radical (unpaired) electrons. The first-order chi connectivity index (χ1) is 10.1. The highest BCUT2D eigenvalue weighted by Crippen LogP contribution is 2.24. The van der Waals surface area contributed by atoms with Crippen molar-refractivity contribution in [2.45, 2.75) is 26.4 Å². The van der Waals surface area contributed by atoms with E-state index >= 15 is 0 Å². The van der Waals surface area contributed by atoms with Gasteiger partial charge in [0.1, 0.15) is 12.2 Å². The molecule has 7 nitrogen and oxygen atoms in total. The van der Waals surface area contributed by atoms with E-state index in [1.54, 1.807) is 10.7 Å².